The largest absolute Gasteiger partial charge is 0.370 e. The van der Waals surface area contributed by atoms with Crippen molar-refractivity contribution in [3.63, 3.8) is 0 Å². The van der Waals surface area contributed by atoms with Crippen molar-refractivity contribution in [3.05, 3.63) is 35.6 Å². The zero-order valence-corrected chi connectivity index (χ0v) is 9.79. The highest BCUT2D eigenvalue weighted by atomic mass is 19.1. The van der Waals surface area contributed by atoms with Crippen molar-refractivity contribution in [2.45, 2.75) is 31.4 Å². The summed E-state index contributed by atoms with van der Waals surface area (Å²) in [5, 5.41) is 3.27. The van der Waals surface area contributed by atoms with E-state index in [0.29, 0.717) is 6.04 Å². The van der Waals surface area contributed by atoms with E-state index in [9.17, 15) is 4.39 Å². The summed E-state index contributed by atoms with van der Waals surface area (Å²) in [7, 11) is 1.96. The molecule has 0 aliphatic carbocycles. The Labute approximate surface area is 95.8 Å². The molecule has 2 unspecified atom stereocenters. The van der Waals surface area contributed by atoms with E-state index in [1.54, 1.807) is 12.1 Å². The number of hydrogen-bond donors (Lipinski definition) is 1. The fourth-order valence-corrected chi connectivity index (χ4v) is 2.32. The highest BCUT2D eigenvalue weighted by Gasteiger charge is 2.34. The Bertz CT molecular complexity index is 369. The van der Waals surface area contributed by atoms with Crippen LogP contribution in [0.4, 0.5) is 4.39 Å². The van der Waals surface area contributed by atoms with Crippen LogP contribution in [0.2, 0.25) is 0 Å². The smallest absolute Gasteiger partial charge is 0.123 e. The SMILES string of the molecule is CNC1CCOC(C)(c2cccc(F)c2)C1. The number of hydrogen-bond acceptors (Lipinski definition) is 2. The maximum atomic E-state index is 13.2. The quantitative estimate of drug-likeness (QED) is 0.831. The standard InChI is InChI=1S/C13H18FNO/c1-13(9-12(15-2)6-7-16-13)10-4-3-5-11(14)8-10/h3-5,8,12,15H,6-7,9H2,1-2H3. The lowest BCUT2D eigenvalue weighted by Crippen LogP contribution is -2.42. The van der Waals surface area contributed by atoms with Gasteiger partial charge in [-0.25, -0.2) is 4.39 Å². The number of rotatable bonds is 2. The molecule has 2 nitrogen and oxygen atoms in total. The molecule has 0 radical (unpaired) electrons. The molecule has 1 saturated heterocycles. The van der Waals surface area contributed by atoms with E-state index in [0.717, 1.165) is 25.0 Å². The fourth-order valence-electron chi connectivity index (χ4n) is 2.32. The zero-order valence-electron chi connectivity index (χ0n) is 9.79. The van der Waals surface area contributed by atoms with Crippen LogP contribution in [0, 0.1) is 5.82 Å². The Morgan fingerprint density at radius 1 is 1.50 bits per heavy atom. The molecule has 0 spiro atoms. The van der Waals surface area contributed by atoms with Crippen LogP contribution in [-0.2, 0) is 10.3 Å². The summed E-state index contributed by atoms with van der Waals surface area (Å²) in [4.78, 5) is 0. The molecule has 2 atom stereocenters. The predicted molar refractivity (Wildman–Crippen MR) is 61.8 cm³/mol. The fraction of sp³-hybridized carbons (Fsp3) is 0.538. The lowest BCUT2D eigenvalue weighted by molar-refractivity contribution is -0.0805. The van der Waals surface area contributed by atoms with Crippen LogP contribution in [0.5, 0.6) is 0 Å². The molecule has 16 heavy (non-hydrogen) atoms. The van der Waals surface area contributed by atoms with Gasteiger partial charge in [0.25, 0.3) is 0 Å². The second kappa shape index (κ2) is 4.52. The van der Waals surface area contributed by atoms with E-state index in [2.05, 4.69) is 5.32 Å². The van der Waals surface area contributed by atoms with E-state index in [1.165, 1.54) is 6.07 Å². The third-order valence-electron chi connectivity index (χ3n) is 3.37. The second-order valence-electron chi connectivity index (χ2n) is 4.57. The first-order valence-electron chi connectivity index (χ1n) is 5.71. The first kappa shape index (κ1) is 11.6. The van der Waals surface area contributed by atoms with Gasteiger partial charge in [-0.3, -0.25) is 0 Å². The van der Waals surface area contributed by atoms with Gasteiger partial charge in [0.1, 0.15) is 5.82 Å². The van der Waals surface area contributed by atoms with E-state index < -0.39 is 0 Å². The van der Waals surface area contributed by atoms with E-state index in [-0.39, 0.29) is 11.4 Å². The van der Waals surface area contributed by atoms with E-state index >= 15 is 0 Å². The lowest BCUT2D eigenvalue weighted by Gasteiger charge is -2.38. The summed E-state index contributed by atoms with van der Waals surface area (Å²) in [5.41, 5.74) is 0.557. The van der Waals surface area contributed by atoms with Gasteiger partial charge in [-0.05, 0) is 44.5 Å². The van der Waals surface area contributed by atoms with E-state index in [1.807, 2.05) is 20.0 Å². The van der Waals surface area contributed by atoms with Crippen LogP contribution >= 0.6 is 0 Å². The highest BCUT2D eigenvalue weighted by molar-refractivity contribution is 5.23. The summed E-state index contributed by atoms with van der Waals surface area (Å²) in [5.74, 6) is -0.200. The molecular weight excluding hydrogens is 205 g/mol. The monoisotopic (exact) mass is 223 g/mol. The van der Waals surface area contributed by atoms with Crippen molar-refractivity contribution in [3.8, 4) is 0 Å². The first-order valence-corrected chi connectivity index (χ1v) is 5.71. The van der Waals surface area contributed by atoms with Crippen LogP contribution in [0.15, 0.2) is 24.3 Å². The Kier molecular flexibility index (Phi) is 3.26. The molecule has 0 saturated carbocycles. The molecule has 0 aromatic heterocycles. The molecule has 1 aliphatic rings. The Morgan fingerprint density at radius 3 is 3.00 bits per heavy atom. The third kappa shape index (κ3) is 2.25. The normalized spacial score (nSPS) is 30.3. The van der Waals surface area contributed by atoms with Gasteiger partial charge < -0.3 is 10.1 Å². The van der Waals surface area contributed by atoms with Gasteiger partial charge in [-0.2, -0.15) is 0 Å². The number of ether oxygens (including phenoxy) is 1. The van der Waals surface area contributed by atoms with Crippen LogP contribution in [0.3, 0.4) is 0 Å². The third-order valence-corrected chi connectivity index (χ3v) is 3.37. The topological polar surface area (TPSA) is 21.3 Å². The number of nitrogens with one attached hydrogen (secondary N) is 1. The minimum atomic E-state index is -0.367. The average molecular weight is 223 g/mol. The first-order chi connectivity index (χ1) is 7.64. The van der Waals surface area contributed by atoms with Crippen molar-refractivity contribution in [1.29, 1.82) is 0 Å². The summed E-state index contributed by atoms with van der Waals surface area (Å²) < 4.78 is 19.0. The van der Waals surface area contributed by atoms with Crippen molar-refractivity contribution >= 4 is 0 Å². The van der Waals surface area contributed by atoms with Gasteiger partial charge >= 0.3 is 0 Å². The maximum absolute atomic E-state index is 13.2. The van der Waals surface area contributed by atoms with Crippen molar-refractivity contribution in [2.75, 3.05) is 13.7 Å². The number of halogens is 1. The molecule has 3 heteroatoms. The average Bonchev–Trinajstić information content (AvgIpc) is 2.29. The zero-order chi connectivity index (χ0) is 11.6. The van der Waals surface area contributed by atoms with Crippen molar-refractivity contribution in [2.24, 2.45) is 0 Å². The van der Waals surface area contributed by atoms with Crippen LogP contribution in [0.1, 0.15) is 25.3 Å². The molecule has 1 aliphatic heterocycles. The van der Waals surface area contributed by atoms with Gasteiger partial charge in [0.15, 0.2) is 0 Å². The molecule has 1 heterocycles. The van der Waals surface area contributed by atoms with E-state index in [4.69, 9.17) is 4.74 Å². The summed E-state index contributed by atoms with van der Waals surface area (Å²) in [6.45, 7) is 2.75. The molecule has 88 valence electrons. The van der Waals surface area contributed by atoms with Crippen LogP contribution in [-0.4, -0.2) is 19.7 Å². The van der Waals surface area contributed by atoms with Gasteiger partial charge in [-0.1, -0.05) is 12.1 Å². The molecule has 0 amide bonds. The van der Waals surface area contributed by atoms with Gasteiger partial charge in [0, 0.05) is 12.6 Å². The summed E-state index contributed by atoms with van der Waals surface area (Å²) in [6.07, 6.45) is 1.90. The molecule has 1 aromatic rings. The van der Waals surface area contributed by atoms with Crippen molar-refractivity contribution < 1.29 is 9.13 Å². The van der Waals surface area contributed by atoms with Gasteiger partial charge in [0.05, 0.1) is 5.60 Å². The molecule has 2 rings (SSSR count). The highest BCUT2D eigenvalue weighted by Crippen LogP contribution is 2.34. The Morgan fingerprint density at radius 2 is 2.31 bits per heavy atom. The van der Waals surface area contributed by atoms with Gasteiger partial charge in [-0.15, -0.1) is 0 Å². The Balaban J connectivity index is 2.23. The maximum Gasteiger partial charge on any atom is 0.123 e. The molecule has 1 N–H and O–H groups in total. The van der Waals surface area contributed by atoms with Crippen LogP contribution < -0.4 is 5.32 Å². The predicted octanol–water partition coefficient (Wildman–Crippen LogP) is 2.44. The molecular formula is C13H18FNO. The second-order valence-corrected chi connectivity index (χ2v) is 4.57. The van der Waals surface area contributed by atoms with Crippen molar-refractivity contribution in [1.82, 2.24) is 5.32 Å². The lowest BCUT2D eigenvalue weighted by atomic mass is 9.86. The number of benzene rings is 1. The summed E-state index contributed by atoms with van der Waals surface area (Å²) >= 11 is 0. The molecule has 0 bridgehead atoms. The molecule has 1 aromatic carbocycles. The Hall–Kier alpha value is -0.930. The van der Waals surface area contributed by atoms with Gasteiger partial charge in [0.2, 0.25) is 0 Å². The summed E-state index contributed by atoms with van der Waals surface area (Å²) in [6, 6.07) is 7.15. The minimum absolute atomic E-state index is 0.200. The minimum Gasteiger partial charge on any atom is -0.370 e. The molecule has 1 fully saturated rings. The van der Waals surface area contributed by atoms with Crippen LogP contribution in [0.25, 0.3) is 0 Å².